The summed E-state index contributed by atoms with van der Waals surface area (Å²) in [5.41, 5.74) is 9.58. The molecule has 2 amide bonds. The minimum absolute atomic E-state index is 0.00480. The first-order valence-corrected chi connectivity index (χ1v) is 9.85. The molecule has 9 heteroatoms. The van der Waals surface area contributed by atoms with Crippen molar-refractivity contribution in [1.29, 1.82) is 0 Å². The molecule has 1 aliphatic heterocycles. The molecule has 0 aromatic heterocycles. The SMILES string of the molecule is CN(C)Cc1cccc(N)c1Nc1cccc([C@]2(C)CC(=O)N(C)/C(=N/C(=O)O)N2)c1. The third-order valence-corrected chi connectivity index (χ3v) is 5.22. The molecule has 0 bridgehead atoms. The molecule has 5 N–H and O–H groups in total. The highest BCUT2D eigenvalue weighted by Gasteiger charge is 2.39. The summed E-state index contributed by atoms with van der Waals surface area (Å²) in [6, 6.07) is 13.4. The van der Waals surface area contributed by atoms with Crippen molar-refractivity contribution >= 4 is 35.0 Å². The van der Waals surface area contributed by atoms with Crippen LogP contribution in [0.2, 0.25) is 0 Å². The first kappa shape index (κ1) is 22.1. The predicted octanol–water partition coefficient (Wildman–Crippen LogP) is 2.77. The maximum absolute atomic E-state index is 12.5. The molecule has 1 fully saturated rings. The van der Waals surface area contributed by atoms with Crippen molar-refractivity contribution in [2.75, 3.05) is 32.2 Å². The van der Waals surface area contributed by atoms with E-state index >= 15 is 0 Å². The van der Waals surface area contributed by atoms with Gasteiger partial charge in [0, 0.05) is 19.3 Å². The van der Waals surface area contributed by atoms with Crippen molar-refractivity contribution in [3.63, 3.8) is 0 Å². The largest absolute Gasteiger partial charge is 0.463 e. The van der Waals surface area contributed by atoms with E-state index < -0.39 is 11.6 Å². The number of carboxylic acid groups (broad SMARTS) is 1. The van der Waals surface area contributed by atoms with Gasteiger partial charge in [0.1, 0.15) is 0 Å². The first-order valence-electron chi connectivity index (χ1n) is 9.85. The van der Waals surface area contributed by atoms with Crippen molar-refractivity contribution in [2.24, 2.45) is 4.99 Å². The Morgan fingerprint density at radius 2 is 2.03 bits per heavy atom. The quantitative estimate of drug-likeness (QED) is 0.544. The van der Waals surface area contributed by atoms with Gasteiger partial charge in [-0.25, -0.2) is 4.79 Å². The van der Waals surface area contributed by atoms with Crippen LogP contribution < -0.4 is 16.4 Å². The van der Waals surface area contributed by atoms with Crippen molar-refractivity contribution in [2.45, 2.75) is 25.4 Å². The van der Waals surface area contributed by atoms with Gasteiger partial charge >= 0.3 is 6.09 Å². The Morgan fingerprint density at radius 3 is 2.71 bits per heavy atom. The number of para-hydroxylation sites is 1. The number of nitrogen functional groups attached to an aromatic ring is 1. The third-order valence-electron chi connectivity index (χ3n) is 5.22. The van der Waals surface area contributed by atoms with Crippen LogP contribution >= 0.6 is 0 Å². The molecule has 1 atom stereocenters. The Kier molecular flexibility index (Phi) is 6.16. The normalized spacial score (nSPS) is 20.1. The van der Waals surface area contributed by atoms with Crippen LogP contribution in [0, 0.1) is 0 Å². The molecule has 1 heterocycles. The Hall–Kier alpha value is -3.59. The summed E-state index contributed by atoms with van der Waals surface area (Å²) < 4.78 is 0. The fraction of sp³-hybridized carbons (Fsp3) is 0.318. The topological polar surface area (TPSA) is 123 Å². The van der Waals surface area contributed by atoms with E-state index in [1.54, 1.807) is 0 Å². The fourth-order valence-corrected chi connectivity index (χ4v) is 3.61. The van der Waals surface area contributed by atoms with Crippen LogP contribution in [0.25, 0.3) is 0 Å². The highest BCUT2D eigenvalue weighted by molar-refractivity contribution is 6.03. The van der Waals surface area contributed by atoms with Crippen molar-refractivity contribution < 1.29 is 14.7 Å². The van der Waals surface area contributed by atoms with E-state index in [1.165, 1.54) is 11.9 Å². The van der Waals surface area contributed by atoms with Gasteiger partial charge in [-0.15, -0.1) is 4.99 Å². The van der Waals surface area contributed by atoms with E-state index in [-0.39, 0.29) is 18.3 Å². The molecule has 1 aliphatic rings. The van der Waals surface area contributed by atoms with Gasteiger partial charge in [-0.1, -0.05) is 24.3 Å². The lowest BCUT2D eigenvalue weighted by atomic mass is 9.86. The number of nitrogens with one attached hydrogen (secondary N) is 2. The number of rotatable bonds is 5. The summed E-state index contributed by atoms with van der Waals surface area (Å²) in [5, 5.41) is 15.6. The summed E-state index contributed by atoms with van der Waals surface area (Å²) in [7, 11) is 5.49. The third kappa shape index (κ3) is 4.95. The Morgan fingerprint density at radius 1 is 1.32 bits per heavy atom. The van der Waals surface area contributed by atoms with E-state index in [2.05, 4.69) is 20.5 Å². The number of carbonyl (C=O) groups excluding carboxylic acids is 1. The predicted molar refractivity (Wildman–Crippen MR) is 121 cm³/mol. The van der Waals surface area contributed by atoms with Gasteiger partial charge in [0.15, 0.2) is 0 Å². The minimum atomic E-state index is -1.37. The molecule has 31 heavy (non-hydrogen) atoms. The Labute approximate surface area is 181 Å². The zero-order valence-electron chi connectivity index (χ0n) is 18.1. The summed E-state index contributed by atoms with van der Waals surface area (Å²) >= 11 is 0. The van der Waals surface area contributed by atoms with E-state index in [4.69, 9.17) is 10.8 Å². The average Bonchev–Trinajstić information content (AvgIpc) is 2.68. The van der Waals surface area contributed by atoms with Gasteiger partial charge in [0.2, 0.25) is 11.9 Å². The van der Waals surface area contributed by atoms with Gasteiger partial charge in [0.05, 0.1) is 23.3 Å². The second-order valence-corrected chi connectivity index (χ2v) is 8.13. The molecule has 2 aromatic carbocycles. The van der Waals surface area contributed by atoms with Crippen molar-refractivity contribution in [1.82, 2.24) is 15.1 Å². The number of aliphatic imine (C=N–C) groups is 1. The maximum Gasteiger partial charge on any atom is 0.434 e. The van der Waals surface area contributed by atoms with Gasteiger partial charge < -0.3 is 26.4 Å². The van der Waals surface area contributed by atoms with Crippen LogP contribution in [-0.2, 0) is 16.9 Å². The molecular formula is C22H28N6O3. The zero-order valence-corrected chi connectivity index (χ0v) is 18.1. The number of hydrogen-bond acceptors (Lipinski definition) is 5. The molecule has 0 aliphatic carbocycles. The smallest absolute Gasteiger partial charge is 0.434 e. The van der Waals surface area contributed by atoms with Gasteiger partial charge in [-0.05, 0) is 50.3 Å². The number of nitrogens with two attached hydrogens (primary N) is 1. The van der Waals surface area contributed by atoms with E-state index in [1.807, 2.05) is 63.5 Å². The Bertz CT molecular complexity index is 1040. The van der Waals surface area contributed by atoms with Crippen LogP contribution in [0.1, 0.15) is 24.5 Å². The molecule has 0 spiro atoms. The van der Waals surface area contributed by atoms with Crippen LogP contribution in [0.15, 0.2) is 47.5 Å². The highest BCUT2D eigenvalue weighted by Crippen LogP contribution is 2.33. The van der Waals surface area contributed by atoms with Gasteiger partial charge in [-0.3, -0.25) is 9.69 Å². The van der Waals surface area contributed by atoms with Crippen LogP contribution in [0.5, 0.6) is 0 Å². The number of nitrogens with zero attached hydrogens (tertiary/aromatic N) is 3. The molecule has 9 nitrogen and oxygen atoms in total. The number of carbonyl (C=O) groups is 2. The van der Waals surface area contributed by atoms with E-state index in [9.17, 15) is 9.59 Å². The zero-order chi connectivity index (χ0) is 22.8. The molecular weight excluding hydrogens is 396 g/mol. The lowest BCUT2D eigenvalue weighted by Crippen LogP contribution is -2.58. The number of hydrogen-bond donors (Lipinski definition) is 4. The number of amides is 2. The number of guanidine groups is 1. The molecule has 3 rings (SSSR count). The van der Waals surface area contributed by atoms with Crippen LogP contribution in [0.4, 0.5) is 21.9 Å². The van der Waals surface area contributed by atoms with Gasteiger partial charge in [-0.2, -0.15) is 0 Å². The maximum atomic E-state index is 12.5. The summed E-state index contributed by atoms with van der Waals surface area (Å²) in [4.78, 5) is 30.4. The lowest BCUT2D eigenvalue weighted by Gasteiger charge is -2.40. The summed E-state index contributed by atoms with van der Waals surface area (Å²) in [5.74, 6) is -0.217. The number of benzene rings is 2. The van der Waals surface area contributed by atoms with Gasteiger partial charge in [0.25, 0.3) is 0 Å². The number of anilines is 3. The lowest BCUT2D eigenvalue weighted by molar-refractivity contribution is -0.129. The Balaban J connectivity index is 1.94. The van der Waals surface area contributed by atoms with E-state index in [0.717, 1.165) is 29.0 Å². The molecule has 1 saturated heterocycles. The fourth-order valence-electron chi connectivity index (χ4n) is 3.61. The molecule has 0 unspecified atom stereocenters. The summed E-state index contributed by atoms with van der Waals surface area (Å²) in [6.45, 7) is 2.57. The van der Waals surface area contributed by atoms with Crippen molar-refractivity contribution in [3.05, 3.63) is 53.6 Å². The monoisotopic (exact) mass is 424 g/mol. The van der Waals surface area contributed by atoms with Crippen molar-refractivity contribution in [3.8, 4) is 0 Å². The van der Waals surface area contributed by atoms with E-state index in [0.29, 0.717) is 5.69 Å². The first-order chi connectivity index (χ1) is 14.6. The second-order valence-electron chi connectivity index (χ2n) is 8.13. The minimum Gasteiger partial charge on any atom is -0.463 e. The molecule has 0 radical (unpaired) electrons. The molecule has 0 saturated carbocycles. The van der Waals surface area contributed by atoms with Crippen LogP contribution in [-0.4, -0.2) is 54.0 Å². The highest BCUT2D eigenvalue weighted by atomic mass is 16.4. The average molecular weight is 425 g/mol. The standard InChI is InChI=1S/C22H28N6O3/c1-22(12-18(29)28(4)20(26-22)25-21(30)31)15-8-6-9-16(11-15)24-19-14(13-27(2)3)7-5-10-17(19)23/h5-11,24H,12-13,23H2,1-4H3,(H,25,26)(H,30,31)/t22-/m0/s1. The van der Waals surface area contributed by atoms with Crippen LogP contribution in [0.3, 0.4) is 0 Å². The molecule has 164 valence electrons. The summed E-state index contributed by atoms with van der Waals surface area (Å²) in [6.07, 6.45) is -1.21. The second kappa shape index (κ2) is 8.65. The molecule has 2 aromatic rings.